The minimum absolute atomic E-state index is 0.0187. The molecular formula is C23H30ClN3O3Si. The zero-order valence-electron chi connectivity index (χ0n) is 18.8. The molecule has 0 unspecified atom stereocenters. The first-order valence-corrected chi connectivity index (χ1v) is 13.8. The van der Waals surface area contributed by atoms with E-state index >= 15 is 0 Å². The Bertz CT molecular complexity index is 954. The molecule has 0 radical (unpaired) electrons. The largest absolute Gasteiger partial charge is 0.408 e. The molecule has 6 nitrogen and oxygen atoms in total. The number of rotatable bonds is 7. The van der Waals surface area contributed by atoms with Crippen molar-refractivity contribution in [3.05, 3.63) is 69.0 Å². The molecule has 1 aromatic carbocycles. The Hall–Kier alpha value is -2.09. The topological polar surface area (TPSA) is 77.6 Å². The minimum atomic E-state index is -2.04. The van der Waals surface area contributed by atoms with Gasteiger partial charge in [0.25, 0.3) is 5.69 Å². The summed E-state index contributed by atoms with van der Waals surface area (Å²) < 4.78 is 6.83. The summed E-state index contributed by atoms with van der Waals surface area (Å²) in [6.45, 7) is 11.2. The third-order valence-corrected chi connectivity index (χ3v) is 11.0. The number of nitro groups is 1. The summed E-state index contributed by atoms with van der Waals surface area (Å²) in [6, 6.07) is 10.5. The van der Waals surface area contributed by atoms with E-state index in [0.29, 0.717) is 11.6 Å². The number of hydrogen-bond donors (Lipinski definition) is 0. The Labute approximate surface area is 190 Å². The van der Waals surface area contributed by atoms with Gasteiger partial charge in [-0.15, -0.1) is 0 Å². The van der Waals surface area contributed by atoms with Crippen LogP contribution in [0.3, 0.4) is 0 Å². The van der Waals surface area contributed by atoms with Crippen LogP contribution in [0.4, 0.5) is 5.69 Å². The van der Waals surface area contributed by atoms with Crippen LogP contribution >= 0.6 is 11.6 Å². The lowest BCUT2D eigenvalue weighted by Gasteiger charge is -2.40. The van der Waals surface area contributed by atoms with Gasteiger partial charge in [-0.3, -0.25) is 15.1 Å². The van der Waals surface area contributed by atoms with Gasteiger partial charge in [0.2, 0.25) is 0 Å². The van der Waals surface area contributed by atoms with Crippen molar-refractivity contribution in [2.75, 3.05) is 0 Å². The van der Waals surface area contributed by atoms with Crippen molar-refractivity contribution < 1.29 is 9.35 Å². The zero-order chi connectivity index (χ0) is 22.8. The second kappa shape index (κ2) is 9.18. The van der Waals surface area contributed by atoms with E-state index in [1.165, 1.54) is 0 Å². The number of nitro benzene ring substituents is 1. The molecular weight excluding hydrogens is 430 g/mol. The van der Waals surface area contributed by atoms with E-state index in [1.54, 1.807) is 36.5 Å². The highest BCUT2D eigenvalue weighted by Gasteiger charge is 2.42. The number of benzene rings is 1. The zero-order valence-corrected chi connectivity index (χ0v) is 20.5. The van der Waals surface area contributed by atoms with E-state index in [9.17, 15) is 10.1 Å². The van der Waals surface area contributed by atoms with Gasteiger partial charge in [-0.05, 0) is 42.6 Å². The number of aromatic nitrogens is 1. The second-order valence-corrected chi connectivity index (χ2v) is 14.8. The van der Waals surface area contributed by atoms with Gasteiger partial charge in [0.05, 0.1) is 17.1 Å². The van der Waals surface area contributed by atoms with Crippen molar-refractivity contribution in [1.29, 1.82) is 0 Å². The van der Waals surface area contributed by atoms with E-state index in [-0.39, 0.29) is 27.8 Å². The first-order valence-electron chi connectivity index (χ1n) is 10.5. The first-order chi connectivity index (χ1) is 14.5. The van der Waals surface area contributed by atoms with Gasteiger partial charge in [0, 0.05) is 36.0 Å². The first kappa shape index (κ1) is 23.6. The quantitative estimate of drug-likeness (QED) is 0.203. The van der Waals surface area contributed by atoms with Gasteiger partial charge in [-0.25, -0.2) is 4.98 Å². The van der Waals surface area contributed by atoms with Crippen LogP contribution in [-0.2, 0) is 10.8 Å². The van der Waals surface area contributed by atoms with Crippen LogP contribution in [-0.4, -0.2) is 30.0 Å². The lowest BCUT2D eigenvalue weighted by atomic mass is 10.0. The highest BCUT2D eigenvalue weighted by atomic mass is 35.5. The molecule has 0 N–H and O–H groups in total. The van der Waals surface area contributed by atoms with Gasteiger partial charge >= 0.3 is 0 Å². The maximum atomic E-state index is 10.9. The Morgan fingerprint density at radius 3 is 2.45 bits per heavy atom. The normalized spacial score (nSPS) is 18.0. The summed E-state index contributed by atoms with van der Waals surface area (Å²) in [4.78, 5) is 19.8. The van der Waals surface area contributed by atoms with Crippen LogP contribution in [0.25, 0.3) is 0 Å². The predicted octanol–water partition coefficient (Wildman–Crippen LogP) is 6.55. The molecule has 0 fully saturated rings. The summed E-state index contributed by atoms with van der Waals surface area (Å²) in [5.74, 6) is 0. The number of hydrogen-bond acceptors (Lipinski definition) is 5. The molecule has 8 heteroatoms. The average molecular weight is 460 g/mol. The Balaban J connectivity index is 1.83. The fraction of sp³-hybridized carbons (Fsp3) is 0.478. The van der Waals surface area contributed by atoms with Crippen molar-refractivity contribution >= 4 is 31.3 Å². The van der Waals surface area contributed by atoms with Crippen LogP contribution in [0.1, 0.15) is 50.8 Å². The van der Waals surface area contributed by atoms with Crippen LogP contribution in [0, 0.1) is 10.1 Å². The van der Waals surface area contributed by atoms with E-state index in [2.05, 4.69) is 38.8 Å². The molecule has 0 aliphatic carbocycles. The van der Waals surface area contributed by atoms with E-state index in [1.807, 2.05) is 6.07 Å². The molecule has 0 bridgehead atoms. The molecule has 0 spiro atoms. The van der Waals surface area contributed by atoms with Gasteiger partial charge in [-0.2, -0.15) is 0 Å². The number of nitrogens with zero attached hydrogens (tertiary/aromatic N) is 3. The third kappa shape index (κ3) is 5.78. The third-order valence-electron chi connectivity index (χ3n) is 6.29. The predicted molar refractivity (Wildman–Crippen MR) is 128 cm³/mol. The monoisotopic (exact) mass is 459 g/mol. The average Bonchev–Trinajstić information content (AvgIpc) is 3.14. The van der Waals surface area contributed by atoms with E-state index in [0.717, 1.165) is 29.7 Å². The molecule has 0 saturated carbocycles. The smallest absolute Gasteiger partial charge is 0.269 e. The van der Waals surface area contributed by atoms with Crippen molar-refractivity contribution in [1.82, 2.24) is 4.98 Å². The molecule has 31 heavy (non-hydrogen) atoms. The van der Waals surface area contributed by atoms with Crippen LogP contribution in [0.15, 0.2) is 47.6 Å². The summed E-state index contributed by atoms with van der Waals surface area (Å²) in [7, 11) is -2.04. The lowest BCUT2D eigenvalue weighted by molar-refractivity contribution is -0.384. The molecule has 3 rings (SSSR count). The summed E-state index contributed by atoms with van der Waals surface area (Å²) in [5.41, 5.74) is 3.23. The van der Waals surface area contributed by atoms with Crippen LogP contribution in [0.2, 0.25) is 23.3 Å². The van der Waals surface area contributed by atoms with E-state index in [4.69, 9.17) is 21.0 Å². The molecule has 0 saturated heterocycles. The van der Waals surface area contributed by atoms with Crippen molar-refractivity contribution in [3.8, 4) is 0 Å². The standard InChI is InChI=1S/C23H30ClN3O3Si/c1-23(2,3)31(4,5)30-22(17-8-13-21(24)25-15-17)20-12-9-18(26-20)14-16-6-10-19(11-7-16)27(28)29/h6-8,10-11,13,15,20,22H,9,12,14H2,1-5H3/t20-,22-/m1/s1. The molecule has 2 aromatic rings. The van der Waals surface area contributed by atoms with E-state index < -0.39 is 8.32 Å². The molecule has 2 atom stereocenters. The highest BCUT2D eigenvalue weighted by Crippen LogP contribution is 2.42. The van der Waals surface area contributed by atoms with Gasteiger partial charge in [0.15, 0.2) is 8.32 Å². The maximum absolute atomic E-state index is 10.9. The van der Waals surface area contributed by atoms with Crippen molar-refractivity contribution in [3.63, 3.8) is 0 Å². The Kier molecular flexibility index (Phi) is 6.98. The summed E-state index contributed by atoms with van der Waals surface area (Å²) >= 11 is 6.01. The number of pyridine rings is 1. The molecule has 1 aliphatic rings. The highest BCUT2D eigenvalue weighted by molar-refractivity contribution is 6.74. The fourth-order valence-electron chi connectivity index (χ4n) is 3.42. The Morgan fingerprint density at radius 1 is 1.23 bits per heavy atom. The van der Waals surface area contributed by atoms with Crippen LogP contribution in [0.5, 0.6) is 0 Å². The van der Waals surface area contributed by atoms with Gasteiger partial charge in [0.1, 0.15) is 5.15 Å². The minimum Gasteiger partial charge on any atom is -0.408 e. The summed E-state index contributed by atoms with van der Waals surface area (Å²) in [5, 5.41) is 11.4. The lowest BCUT2D eigenvalue weighted by Crippen LogP contribution is -2.43. The fourth-order valence-corrected chi connectivity index (χ4v) is 4.81. The van der Waals surface area contributed by atoms with Crippen molar-refractivity contribution in [2.24, 2.45) is 4.99 Å². The van der Waals surface area contributed by atoms with Gasteiger partial charge < -0.3 is 4.43 Å². The molecule has 1 aliphatic heterocycles. The van der Waals surface area contributed by atoms with Crippen LogP contribution < -0.4 is 0 Å². The molecule has 0 amide bonds. The summed E-state index contributed by atoms with van der Waals surface area (Å²) in [6.07, 6.45) is 4.12. The number of halogens is 1. The molecule has 166 valence electrons. The molecule has 2 heterocycles. The van der Waals surface area contributed by atoms with Crippen molar-refractivity contribution in [2.45, 2.75) is 70.3 Å². The number of aliphatic imine (C=N–C) groups is 1. The number of non-ortho nitro benzene ring substituents is 1. The molecule has 1 aromatic heterocycles. The SMILES string of the molecule is CC(C)(C)[Si](C)(C)O[C@H](c1ccc(Cl)nc1)[C@H]1CCC(Cc2ccc([N+](=O)[O-])cc2)=N1. The maximum Gasteiger partial charge on any atom is 0.269 e. The Morgan fingerprint density at radius 2 is 1.90 bits per heavy atom. The van der Waals surface area contributed by atoms with Gasteiger partial charge in [-0.1, -0.05) is 50.6 Å². The second-order valence-electron chi connectivity index (χ2n) is 9.61.